The number of fused-ring (bicyclic) bond motifs is 1. The second-order valence-corrected chi connectivity index (χ2v) is 7.63. The molecule has 8 heteroatoms. The van der Waals surface area contributed by atoms with Gasteiger partial charge in [-0.05, 0) is 36.5 Å². The number of carbonyl (C=O) groups excluding carboxylic acids is 2. The molecule has 5 rings (SSSR count). The maximum atomic E-state index is 13.3. The molecule has 0 unspecified atom stereocenters. The van der Waals surface area contributed by atoms with Crippen molar-refractivity contribution in [3.63, 3.8) is 0 Å². The molecule has 0 fully saturated rings. The summed E-state index contributed by atoms with van der Waals surface area (Å²) in [6.07, 6.45) is 8.90. The van der Waals surface area contributed by atoms with Crippen LogP contribution in [0.3, 0.4) is 0 Å². The number of rotatable bonds is 4. The van der Waals surface area contributed by atoms with Crippen LogP contribution in [0.4, 0.5) is 11.4 Å². The third kappa shape index (κ3) is 3.41. The Labute approximate surface area is 185 Å². The van der Waals surface area contributed by atoms with Gasteiger partial charge in [-0.15, -0.1) is 0 Å². The van der Waals surface area contributed by atoms with E-state index in [-0.39, 0.29) is 24.8 Å². The Hall–Kier alpha value is -4.33. The Morgan fingerprint density at radius 2 is 1.97 bits per heavy atom. The highest BCUT2D eigenvalue weighted by atomic mass is 16.2. The number of nitrogens with one attached hydrogen (secondary N) is 2. The minimum Gasteiger partial charge on any atom is -0.387 e. The minimum absolute atomic E-state index is 0.0237. The summed E-state index contributed by atoms with van der Waals surface area (Å²) in [6, 6.07) is 13.0. The topological polar surface area (TPSA) is 105 Å². The number of anilines is 2. The van der Waals surface area contributed by atoms with Gasteiger partial charge in [0.15, 0.2) is 5.78 Å². The van der Waals surface area contributed by atoms with Crippen molar-refractivity contribution in [1.29, 1.82) is 0 Å². The average Bonchev–Trinajstić information content (AvgIpc) is 3.12. The summed E-state index contributed by atoms with van der Waals surface area (Å²) < 4.78 is 1.53. The zero-order valence-electron chi connectivity index (χ0n) is 17.3. The van der Waals surface area contributed by atoms with Gasteiger partial charge in [0.05, 0.1) is 41.3 Å². The van der Waals surface area contributed by atoms with E-state index >= 15 is 0 Å². The van der Waals surface area contributed by atoms with Crippen molar-refractivity contribution in [3.05, 3.63) is 95.7 Å². The van der Waals surface area contributed by atoms with Crippen molar-refractivity contribution >= 4 is 28.6 Å². The van der Waals surface area contributed by atoms with E-state index < -0.39 is 0 Å². The molecule has 4 N–H and O–H groups in total. The Bertz CT molecular complexity index is 1240. The molecule has 0 bridgehead atoms. The third-order valence-corrected chi connectivity index (χ3v) is 5.59. The molecule has 0 saturated heterocycles. The minimum atomic E-state index is -0.251. The number of nitrogens with two attached hydrogens (primary N) is 1. The Balaban J connectivity index is 1.60. The van der Waals surface area contributed by atoms with Gasteiger partial charge in [0.25, 0.3) is 5.91 Å². The van der Waals surface area contributed by atoms with Crippen LogP contribution in [-0.4, -0.2) is 39.3 Å². The van der Waals surface area contributed by atoms with Crippen LogP contribution in [0, 0.1) is 0 Å². The summed E-state index contributed by atoms with van der Waals surface area (Å²) in [7, 11) is 0. The number of nitrogens with zero attached hydrogens (tertiary/aromatic N) is 3. The van der Waals surface area contributed by atoms with Crippen LogP contribution in [0.2, 0.25) is 0 Å². The number of allylic oxidation sites excluding steroid dienone is 2. The molecule has 1 amide bonds. The second kappa shape index (κ2) is 8.07. The summed E-state index contributed by atoms with van der Waals surface area (Å²) in [6.45, 7) is 0.861. The van der Waals surface area contributed by atoms with E-state index in [2.05, 4.69) is 15.6 Å². The van der Waals surface area contributed by atoms with Crippen molar-refractivity contribution < 1.29 is 9.59 Å². The zero-order valence-corrected chi connectivity index (χ0v) is 17.3. The van der Waals surface area contributed by atoms with E-state index in [1.54, 1.807) is 18.3 Å². The molecule has 0 radical (unpaired) electrons. The highest BCUT2D eigenvalue weighted by molar-refractivity contribution is 6.10. The molecule has 0 spiro atoms. The van der Waals surface area contributed by atoms with Gasteiger partial charge in [-0.25, -0.2) is 0 Å². The van der Waals surface area contributed by atoms with Crippen LogP contribution in [0.15, 0.2) is 73.2 Å². The van der Waals surface area contributed by atoms with Gasteiger partial charge >= 0.3 is 0 Å². The molecule has 2 aliphatic heterocycles. The van der Waals surface area contributed by atoms with E-state index in [4.69, 9.17) is 5.84 Å². The van der Waals surface area contributed by atoms with Crippen molar-refractivity contribution in [2.45, 2.75) is 6.54 Å². The number of Topliss-reactive ketones (excluding diaryl/α,β-unsaturated/α-hetero) is 1. The molecule has 0 saturated carbocycles. The molecular weight excluding hydrogens is 404 g/mol. The number of aromatic nitrogens is 2. The monoisotopic (exact) mass is 426 g/mol. The lowest BCUT2D eigenvalue weighted by Gasteiger charge is -2.27. The second-order valence-electron chi connectivity index (χ2n) is 7.63. The Morgan fingerprint density at radius 3 is 2.69 bits per heavy atom. The van der Waals surface area contributed by atoms with E-state index in [1.807, 2.05) is 48.7 Å². The molecule has 4 heterocycles. The van der Waals surface area contributed by atoms with Gasteiger partial charge in [0.2, 0.25) is 0 Å². The number of dihydropyridines is 1. The quantitative estimate of drug-likeness (QED) is 0.554. The lowest BCUT2D eigenvalue weighted by Crippen LogP contribution is -2.40. The number of hydrogen-bond donors (Lipinski definition) is 3. The molecular formula is C24H22N6O2. The molecule has 160 valence electrons. The molecule has 0 atom stereocenters. The normalized spacial score (nSPS) is 15.1. The summed E-state index contributed by atoms with van der Waals surface area (Å²) >= 11 is 0. The fraction of sp³-hybridized carbons (Fsp3) is 0.125. The molecule has 0 aliphatic carbocycles. The standard InChI is InChI=1S/C24H22N6O2/c25-30-19-14-29(24(32)17-5-4-10-27-13-17)15-20(31)21(19)22(28-18-6-2-1-3-7-18)23(30)16-8-11-26-12-9-16/h1-11,13,26,28H,12,14-15,25H2. The maximum absolute atomic E-state index is 13.3. The van der Waals surface area contributed by atoms with Gasteiger partial charge in [-0.3, -0.25) is 19.2 Å². The third-order valence-electron chi connectivity index (χ3n) is 5.59. The number of hydrogen-bond acceptors (Lipinski definition) is 6. The zero-order chi connectivity index (χ0) is 22.1. The van der Waals surface area contributed by atoms with Crippen LogP contribution in [0.25, 0.3) is 5.57 Å². The highest BCUT2D eigenvalue weighted by Gasteiger charge is 2.35. The van der Waals surface area contributed by atoms with Crippen LogP contribution < -0.4 is 16.5 Å². The Morgan fingerprint density at radius 1 is 1.12 bits per heavy atom. The lowest BCUT2D eigenvalue weighted by molar-refractivity contribution is 0.0675. The maximum Gasteiger partial charge on any atom is 0.256 e. The number of carbonyl (C=O) groups is 2. The number of pyridine rings is 1. The van der Waals surface area contributed by atoms with E-state index in [1.165, 1.54) is 15.8 Å². The molecule has 2 aliphatic rings. The van der Waals surface area contributed by atoms with Crippen molar-refractivity contribution in [2.75, 3.05) is 24.2 Å². The van der Waals surface area contributed by atoms with Crippen molar-refractivity contribution in [3.8, 4) is 0 Å². The molecule has 2 aromatic heterocycles. The Kier molecular flexibility index (Phi) is 4.95. The fourth-order valence-corrected chi connectivity index (χ4v) is 4.10. The first-order chi connectivity index (χ1) is 15.6. The summed E-state index contributed by atoms with van der Waals surface area (Å²) in [5.74, 6) is 6.14. The molecule has 8 nitrogen and oxygen atoms in total. The first kappa shape index (κ1) is 19.6. The van der Waals surface area contributed by atoms with Gasteiger partial charge in [-0.2, -0.15) is 0 Å². The van der Waals surface area contributed by atoms with Gasteiger partial charge < -0.3 is 21.4 Å². The highest BCUT2D eigenvalue weighted by Crippen LogP contribution is 2.38. The van der Waals surface area contributed by atoms with E-state index in [0.29, 0.717) is 34.7 Å². The van der Waals surface area contributed by atoms with E-state index in [0.717, 1.165) is 11.3 Å². The van der Waals surface area contributed by atoms with Crippen LogP contribution in [0.5, 0.6) is 0 Å². The fourth-order valence-electron chi connectivity index (χ4n) is 4.10. The van der Waals surface area contributed by atoms with Crippen LogP contribution >= 0.6 is 0 Å². The van der Waals surface area contributed by atoms with Crippen LogP contribution in [0.1, 0.15) is 32.1 Å². The number of amides is 1. The van der Waals surface area contributed by atoms with Gasteiger partial charge in [0, 0.05) is 30.2 Å². The first-order valence-electron chi connectivity index (χ1n) is 10.3. The summed E-state index contributed by atoms with van der Waals surface area (Å²) in [5.41, 5.74) is 4.67. The number of para-hydroxylation sites is 1. The molecule has 32 heavy (non-hydrogen) atoms. The average molecular weight is 426 g/mol. The van der Waals surface area contributed by atoms with Gasteiger partial charge in [-0.1, -0.05) is 24.3 Å². The van der Waals surface area contributed by atoms with Gasteiger partial charge in [0.1, 0.15) is 0 Å². The largest absolute Gasteiger partial charge is 0.387 e. The SMILES string of the molecule is Nn1c2c(c(Nc3ccccc3)c1C1=CCNC=C1)C(=O)CN(C(=O)c1cccnc1)C2. The molecule has 3 aromatic rings. The predicted molar refractivity (Wildman–Crippen MR) is 123 cm³/mol. The molecule has 1 aromatic carbocycles. The summed E-state index contributed by atoms with van der Waals surface area (Å²) in [4.78, 5) is 31.8. The first-order valence-corrected chi connectivity index (χ1v) is 10.3. The van der Waals surface area contributed by atoms with Crippen LogP contribution in [-0.2, 0) is 6.54 Å². The number of ketones is 1. The smallest absolute Gasteiger partial charge is 0.256 e. The van der Waals surface area contributed by atoms with Crippen molar-refractivity contribution in [2.24, 2.45) is 0 Å². The van der Waals surface area contributed by atoms with Crippen molar-refractivity contribution in [1.82, 2.24) is 19.9 Å². The predicted octanol–water partition coefficient (Wildman–Crippen LogP) is 2.68. The lowest BCUT2D eigenvalue weighted by atomic mass is 10.0. The number of benzene rings is 1. The summed E-state index contributed by atoms with van der Waals surface area (Å²) in [5, 5.41) is 6.53. The number of nitrogen functional groups attached to an aromatic ring is 1. The van der Waals surface area contributed by atoms with E-state index in [9.17, 15) is 9.59 Å².